The molecule has 1 atom stereocenters. The van der Waals surface area contributed by atoms with Crippen LogP contribution in [0.25, 0.3) is 11.0 Å². The lowest BCUT2D eigenvalue weighted by molar-refractivity contribution is 0.179. The lowest BCUT2D eigenvalue weighted by Crippen LogP contribution is -2.11. The third-order valence-corrected chi connectivity index (χ3v) is 2.99. The number of aliphatic hydroxyl groups is 1. The van der Waals surface area contributed by atoms with Crippen molar-refractivity contribution in [1.82, 2.24) is 0 Å². The van der Waals surface area contributed by atoms with E-state index in [9.17, 15) is 15.0 Å². The molecule has 16 heavy (non-hydrogen) atoms. The number of phenols is 1. The van der Waals surface area contributed by atoms with Gasteiger partial charge >= 0.3 is 0 Å². The van der Waals surface area contributed by atoms with Gasteiger partial charge in [-0.1, -0.05) is 6.07 Å². The van der Waals surface area contributed by atoms with Gasteiger partial charge in [-0.15, -0.1) is 0 Å². The van der Waals surface area contributed by atoms with Gasteiger partial charge in [0, 0.05) is 6.42 Å². The second-order valence-electron chi connectivity index (χ2n) is 3.97. The van der Waals surface area contributed by atoms with Crippen LogP contribution in [-0.4, -0.2) is 10.2 Å². The van der Waals surface area contributed by atoms with Crippen molar-refractivity contribution in [1.29, 1.82) is 0 Å². The Morgan fingerprint density at radius 3 is 3.00 bits per heavy atom. The van der Waals surface area contributed by atoms with Gasteiger partial charge in [-0.2, -0.15) is 0 Å². The fourth-order valence-electron chi connectivity index (χ4n) is 2.22. The highest BCUT2D eigenvalue weighted by atomic mass is 16.3. The molecule has 0 spiro atoms. The summed E-state index contributed by atoms with van der Waals surface area (Å²) in [5.74, 6) is 0.434. The summed E-state index contributed by atoms with van der Waals surface area (Å²) in [5, 5.41) is 19.5. The minimum atomic E-state index is -0.768. The van der Waals surface area contributed by atoms with E-state index < -0.39 is 6.10 Å². The van der Waals surface area contributed by atoms with Crippen molar-refractivity contribution in [2.24, 2.45) is 0 Å². The van der Waals surface area contributed by atoms with Crippen LogP contribution >= 0.6 is 0 Å². The van der Waals surface area contributed by atoms with Crippen LogP contribution in [0.5, 0.6) is 5.75 Å². The topological polar surface area (TPSA) is 70.7 Å². The molecule has 1 aliphatic carbocycles. The maximum Gasteiger partial charge on any atom is 0.202 e. The SMILES string of the molecule is O=c1c2c(oc3cccc(O)c13)CC[C@@H]2O. The zero-order chi connectivity index (χ0) is 11.3. The summed E-state index contributed by atoms with van der Waals surface area (Å²) in [4.78, 5) is 12.1. The maximum absolute atomic E-state index is 12.1. The van der Waals surface area contributed by atoms with Crippen molar-refractivity contribution < 1.29 is 14.6 Å². The molecule has 0 radical (unpaired) electrons. The highest BCUT2D eigenvalue weighted by Gasteiger charge is 2.27. The van der Waals surface area contributed by atoms with E-state index in [4.69, 9.17) is 4.42 Å². The van der Waals surface area contributed by atoms with E-state index in [1.807, 2.05) is 0 Å². The number of phenolic OH excluding ortho intramolecular Hbond substituents is 1. The van der Waals surface area contributed by atoms with Gasteiger partial charge in [0.2, 0.25) is 5.43 Å². The second-order valence-corrected chi connectivity index (χ2v) is 3.97. The predicted molar refractivity (Wildman–Crippen MR) is 57.4 cm³/mol. The van der Waals surface area contributed by atoms with E-state index in [0.29, 0.717) is 29.7 Å². The molecule has 3 rings (SSSR count). The number of aromatic hydroxyl groups is 1. The van der Waals surface area contributed by atoms with Crippen molar-refractivity contribution in [3.05, 3.63) is 39.7 Å². The summed E-state index contributed by atoms with van der Waals surface area (Å²) < 4.78 is 5.52. The molecule has 4 nitrogen and oxygen atoms in total. The first-order chi connectivity index (χ1) is 7.68. The van der Waals surface area contributed by atoms with Gasteiger partial charge in [-0.25, -0.2) is 0 Å². The Balaban J connectivity index is 2.50. The standard InChI is InChI=1S/C12H10O4/c13-6-2-1-3-8-10(6)12(15)11-7(14)4-5-9(11)16-8/h1-3,7,13-14H,4-5H2/t7-/m0/s1. The lowest BCUT2D eigenvalue weighted by atomic mass is 10.1. The molecule has 0 aliphatic heterocycles. The molecule has 2 aromatic rings. The zero-order valence-corrected chi connectivity index (χ0v) is 8.43. The Bertz CT molecular complexity index is 627. The van der Waals surface area contributed by atoms with Gasteiger partial charge in [-0.3, -0.25) is 4.79 Å². The quantitative estimate of drug-likeness (QED) is 0.702. The highest BCUT2D eigenvalue weighted by Crippen LogP contribution is 2.32. The van der Waals surface area contributed by atoms with Gasteiger partial charge < -0.3 is 14.6 Å². The van der Waals surface area contributed by atoms with Gasteiger partial charge in [0.1, 0.15) is 22.5 Å². The number of rotatable bonds is 0. The molecule has 0 fully saturated rings. The fraction of sp³-hybridized carbons (Fsp3) is 0.250. The Labute approximate surface area is 90.8 Å². The van der Waals surface area contributed by atoms with Crippen LogP contribution in [0.2, 0.25) is 0 Å². The Morgan fingerprint density at radius 1 is 1.38 bits per heavy atom. The van der Waals surface area contributed by atoms with Crippen LogP contribution in [0.3, 0.4) is 0 Å². The summed E-state index contributed by atoms with van der Waals surface area (Å²) >= 11 is 0. The van der Waals surface area contributed by atoms with Crippen molar-refractivity contribution in [2.75, 3.05) is 0 Å². The number of benzene rings is 1. The van der Waals surface area contributed by atoms with E-state index in [0.717, 1.165) is 0 Å². The molecule has 4 heteroatoms. The highest BCUT2D eigenvalue weighted by molar-refractivity contribution is 5.83. The molecule has 82 valence electrons. The molecule has 1 aromatic carbocycles. The summed E-state index contributed by atoms with van der Waals surface area (Å²) in [6.07, 6.45) is 0.304. The number of aliphatic hydroxyl groups excluding tert-OH is 1. The summed E-state index contributed by atoms with van der Waals surface area (Å²) in [7, 11) is 0. The minimum Gasteiger partial charge on any atom is -0.507 e. The molecule has 1 aliphatic rings. The average molecular weight is 218 g/mol. The number of aryl methyl sites for hydroxylation is 1. The molecule has 0 bridgehead atoms. The first-order valence-corrected chi connectivity index (χ1v) is 5.14. The van der Waals surface area contributed by atoms with Gasteiger partial charge in [0.15, 0.2) is 0 Å². The van der Waals surface area contributed by atoms with Crippen molar-refractivity contribution in [3.8, 4) is 5.75 Å². The van der Waals surface area contributed by atoms with E-state index in [2.05, 4.69) is 0 Å². The van der Waals surface area contributed by atoms with E-state index in [1.165, 1.54) is 6.07 Å². The average Bonchev–Trinajstić information content (AvgIpc) is 2.60. The molecular weight excluding hydrogens is 208 g/mol. The van der Waals surface area contributed by atoms with Crippen LogP contribution in [0.4, 0.5) is 0 Å². The molecule has 1 aromatic heterocycles. The van der Waals surface area contributed by atoms with Crippen molar-refractivity contribution in [2.45, 2.75) is 18.9 Å². The Kier molecular flexibility index (Phi) is 1.82. The minimum absolute atomic E-state index is 0.104. The largest absolute Gasteiger partial charge is 0.507 e. The molecule has 2 N–H and O–H groups in total. The van der Waals surface area contributed by atoms with Gasteiger partial charge in [-0.05, 0) is 18.6 Å². The lowest BCUT2D eigenvalue weighted by Gasteiger charge is -2.05. The van der Waals surface area contributed by atoms with E-state index >= 15 is 0 Å². The van der Waals surface area contributed by atoms with Gasteiger partial charge in [0.05, 0.1) is 11.7 Å². The van der Waals surface area contributed by atoms with Crippen LogP contribution < -0.4 is 5.43 Å². The van der Waals surface area contributed by atoms with Crippen molar-refractivity contribution >= 4 is 11.0 Å². The molecule has 0 saturated heterocycles. The predicted octanol–water partition coefficient (Wildman–Crippen LogP) is 1.48. The van der Waals surface area contributed by atoms with Crippen LogP contribution in [0, 0.1) is 0 Å². The van der Waals surface area contributed by atoms with Crippen LogP contribution in [-0.2, 0) is 6.42 Å². The molecule has 0 saturated carbocycles. The first kappa shape index (κ1) is 9.42. The van der Waals surface area contributed by atoms with Crippen molar-refractivity contribution in [3.63, 3.8) is 0 Å². The molecule has 0 amide bonds. The Hall–Kier alpha value is -1.81. The second kappa shape index (κ2) is 3.09. The molecule has 0 unspecified atom stereocenters. The summed E-state index contributed by atoms with van der Waals surface area (Å²) in [6.45, 7) is 0. The number of fused-ring (bicyclic) bond motifs is 2. The van der Waals surface area contributed by atoms with Crippen LogP contribution in [0.1, 0.15) is 23.8 Å². The zero-order valence-electron chi connectivity index (χ0n) is 8.43. The van der Waals surface area contributed by atoms with E-state index in [-0.39, 0.29) is 16.6 Å². The molecule has 1 heterocycles. The first-order valence-electron chi connectivity index (χ1n) is 5.14. The maximum atomic E-state index is 12.1. The van der Waals surface area contributed by atoms with E-state index in [1.54, 1.807) is 12.1 Å². The summed E-state index contributed by atoms with van der Waals surface area (Å²) in [5.41, 5.74) is 0.353. The monoisotopic (exact) mass is 218 g/mol. The van der Waals surface area contributed by atoms with Crippen LogP contribution in [0.15, 0.2) is 27.4 Å². The normalized spacial score (nSPS) is 18.9. The third kappa shape index (κ3) is 1.10. The van der Waals surface area contributed by atoms with Gasteiger partial charge in [0.25, 0.3) is 0 Å². The summed E-state index contributed by atoms with van der Waals surface area (Å²) in [6, 6.07) is 4.70. The Morgan fingerprint density at radius 2 is 2.19 bits per heavy atom. The molecular formula is C12H10O4. The fourth-order valence-corrected chi connectivity index (χ4v) is 2.22. The smallest absolute Gasteiger partial charge is 0.202 e. The number of hydrogen-bond acceptors (Lipinski definition) is 4. The third-order valence-electron chi connectivity index (χ3n) is 2.99. The number of hydrogen-bond donors (Lipinski definition) is 2.